The summed E-state index contributed by atoms with van der Waals surface area (Å²) in [5, 5.41) is 18.0. The van der Waals surface area contributed by atoms with Gasteiger partial charge in [-0.15, -0.1) is 0 Å². The number of aromatic hydroxyl groups is 1. The molecule has 0 radical (unpaired) electrons. The van der Waals surface area contributed by atoms with Gasteiger partial charge in [-0.1, -0.05) is 56.3 Å². The van der Waals surface area contributed by atoms with Crippen molar-refractivity contribution in [1.29, 1.82) is 0 Å². The van der Waals surface area contributed by atoms with E-state index in [4.69, 9.17) is 16.2 Å². The number of hydrogen-bond acceptors (Lipinski definition) is 10. The number of rotatable bonds is 16. The molecule has 6 rings (SSSR count). The normalized spacial score (nSPS) is 26.5. The molecule has 2 aromatic carbocycles. The number of benzene rings is 2. The van der Waals surface area contributed by atoms with Crippen LogP contribution in [0, 0.1) is 23.2 Å². The first kappa shape index (κ1) is 39.3. The predicted octanol–water partition coefficient (Wildman–Crippen LogP) is 2.34. The van der Waals surface area contributed by atoms with Crippen LogP contribution in [0.3, 0.4) is 0 Å². The fourth-order valence-electron chi connectivity index (χ4n) is 9.26. The van der Waals surface area contributed by atoms with Gasteiger partial charge >= 0.3 is 5.97 Å². The van der Waals surface area contributed by atoms with Gasteiger partial charge in [-0.3, -0.25) is 24.0 Å². The second kappa shape index (κ2) is 16.0. The zero-order valence-electron chi connectivity index (χ0n) is 30.5. The van der Waals surface area contributed by atoms with Gasteiger partial charge in [0.1, 0.15) is 11.8 Å². The predicted molar refractivity (Wildman–Crippen MR) is 199 cm³/mol. The van der Waals surface area contributed by atoms with Crippen LogP contribution in [0.4, 0.5) is 0 Å². The molecule has 0 spiro atoms. The molecule has 4 aliphatic carbocycles. The minimum atomic E-state index is -1.04. The smallest absolute Gasteiger partial charge is 0.312 e. The molecule has 0 aliphatic heterocycles. The molecule has 4 bridgehead atoms. The SMILES string of the molecule is COC(=O)C12CC3CC(CC(N)(C3)C1C(=O)[C@H](Cc1ccccc1)NC(=O)CNC(=O)[C@@H](CCSC)NC(=O)[C@@H](N)C(C)(C)c1ccc(O)cc1)C2. The number of nitrogens with one attached hydrogen (secondary N) is 3. The molecule has 12 nitrogen and oxygen atoms in total. The Morgan fingerprint density at radius 1 is 0.942 bits per heavy atom. The Hall–Kier alpha value is -3.94. The number of carbonyl (C=O) groups excluding carboxylic acids is 5. The molecular formula is C39H53N5O7S. The van der Waals surface area contributed by atoms with Crippen LogP contribution in [-0.2, 0) is 40.5 Å². The number of ether oxygens (including phenoxy) is 1. The molecule has 4 fully saturated rings. The first-order valence-electron chi connectivity index (χ1n) is 18.0. The maximum atomic E-state index is 14.7. The number of phenols is 1. The molecule has 4 aliphatic rings. The van der Waals surface area contributed by atoms with Crippen molar-refractivity contribution in [3.63, 3.8) is 0 Å². The zero-order valence-corrected chi connectivity index (χ0v) is 31.3. The summed E-state index contributed by atoms with van der Waals surface area (Å²) in [6.07, 6.45) is 5.69. The molecule has 6 atom stereocenters. The van der Waals surface area contributed by atoms with Crippen LogP contribution in [0.2, 0.25) is 0 Å². The Morgan fingerprint density at radius 3 is 2.17 bits per heavy atom. The van der Waals surface area contributed by atoms with Crippen molar-refractivity contribution in [3.8, 4) is 5.75 Å². The Kier molecular flexibility index (Phi) is 12.1. The zero-order chi connectivity index (χ0) is 37.8. The van der Waals surface area contributed by atoms with E-state index in [1.54, 1.807) is 26.0 Å². The molecular weight excluding hydrogens is 683 g/mol. The van der Waals surface area contributed by atoms with Crippen molar-refractivity contribution in [1.82, 2.24) is 16.0 Å². The lowest BCUT2D eigenvalue weighted by molar-refractivity contribution is -0.188. The van der Waals surface area contributed by atoms with Crippen LogP contribution in [0.1, 0.15) is 63.5 Å². The monoisotopic (exact) mass is 735 g/mol. The molecule has 13 heteroatoms. The van der Waals surface area contributed by atoms with Crippen LogP contribution in [-0.4, -0.2) is 83.9 Å². The molecule has 0 heterocycles. The summed E-state index contributed by atoms with van der Waals surface area (Å²) >= 11 is 1.50. The minimum Gasteiger partial charge on any atom is -0.508 e. The highest BCUT2D eigenvalue weighted by molar-refractivity contribution is 7.98. The number of carbonyl (C=O) groups is 5. The lowest BCUT2D eigenvalue weighted by Crippen LogP contribution is -2.72. The maximum absolute atomic E-state index is 14.7. The summed E-state index contributed by atoms with van der Waals surface area (Å²) in [6, 6.07) is 12.7. The molecule has 8 N–H and O–H groups in total. The highest BCUT2D eigenvalue weighted by atomic mass is 32.2. The average molecular weight is 736 g/mol. The maximum Gasteiger partial charge on any atom is 0.312 e. The standard InChI is InChI=1S/C39H53N5O7S/c1-37(2,26-10-12-27(45)13-11-26)33(40)35(49)44-28(14-15-52-4)34(48)42-22-30(46)43-29(17-23-8-6-5-7-9-23)31(47)32-38(36(50)51-3)18-24-16-25(19-38)21-39(32,41)20-24/h5-13,24-25,28-29,32-33,45H,14-22,40-41H2,1-4H3,(H,42,48)(H,43,46)(H,44,49)/t24?,25?,28-,29+,32?,33-,38?,39?/m1/s1. The molecule has 4 saturated carbocycles. The second-order valence-corrected chi connectivity index (χ2v) is 16.6. The number of thioether (sulfide) groups is 1. The molecule has 52 heavy (non-hydrogen) atoms. The first-order chi connectivity index (χ1) is 24.6. The van der Waals surface area contributed by atoms with Gasteiger partial charge in [-0.05, 0) is 92.0 Å². The first-order valence-corrected chi connectivity index (χ1v) is 19.4. The van der Waals surface area contributed by atoms with E-state index in [2.05, 4.69) is 16.0 Å². The van der Waals surface area contributed by atoms with Crippen molar-refractivity contribution in [2.45, 2.75) is 87.9 Å². The van der Waals surface area contributed by atoms with E-state index in [1.165, 1.54) is 31.0 Å². The van der Waals surface area contributed by atoms with E-state index in [9.17, 15) is 29.1 Å². The van der Waals surface area contributed by atoms with E-state index in [-0.39, 0.29) is 29.8 Å². The van der Waals surface area contributed by atoms with Crippen LogP contribution < -0.4 is 27.4 Å². The van der Waals surface area contributed by atoms with Gasteiger partial charge in [0, 0.05) is 11.0 Å². The van der Waals surface area contributed by atoms with E-state index >= 15 is 0 Å². The largest absolute Gasteiger partial charge is 0.508 e. The summed E-state index contributed by atoms with van der Waals surface area (Å²) in [7, 11) is 1.34. The second-order valence-electron chi connectivity index (χ2n) is 15.6. The van der Waals surface area contributed by atoms with Crippen molar-refractivity contribution in [2.24, 2.45) is 34.6 Å². The van der Waals surface area contributed by atoms with Crippen LogP contribution in [0.15, 0.2) is 54.6 Å². The number of nitrogens with two attached hydrogens (primary N) is 2. The Labute approximate surface area is 309 Å². The average Bonchev–Trinajstić information content (AvgIpc) is 3.10. The van der Waals surface area contributed by atoms with Crippen molar-refractivity contribution in [3.05, 3.63) is 65.7 Å². The molecule has 3 unspecified atom stereocenters. The van der Waals surface area contributed by atoms with E-state index in [0.29, 0.717) is 37.9 Å². The van der Waals surface area contributed by atoms with Gasteiger partial charge in [-0.25, -0.2) is 0 Å². The van der Waals surface area contributed by atoms with Crippen molar-refractivity contribution >= 4 is 41.2 Å². The summed E-state index contributed by atoms with van der Waals surface area (Å²) in [5.74, 6) is -2.12. The topological polar surface area (TPSA) is 203 Å². The van der Waals surface area contributed by atoms with Crippen LogP contribution in [0.25, 0.3) is 0 Å². The molecule has 0 saturated heterocycles. The quantitative estimate of drug-likeness (QED) is 0.139. The van der Waals surface area contributed by atoms with Gasteiger partial charge < -0.3 is 37.3 Å². The fraction of sp³-hybridized carbons (Fsp3) is 0.564. The van der Waals surface area contributed by atoms with Crippen LogP contribution >= 0.6 is 11.8 Å². The number of methoxy groups -OCH3 is 1. The lowest BCUT2D eigenvalue weighted by Gasteiger charge is -2.63. The molecule has 0 aromatic heterocycles. The Morgan fingerprint density at radius 2 is 1.58 bits per heavy atom. The highest BCUT2D eigenvalue weighted by Gasteiger charge is 2.68. The van der Waals surface area contributed by atoms with E-state index < -0.39 is 70.6 Å². The van der Waals surface area contributed by atoms with Gasteiger partial charge in [0.15, 0.2) is 5.78 Å². The molecule has 2 aromatic rings. The number of esters is 1. The summed E-state index contributed by atoms with van der Waals surface area (Å²) in [5.41, 5.74) is 12.3. The van der Waals surface area contributed by atoms with Crippen molar-refractivity contribution in [2.75, 3.05) is 25.7 Å². The number of ketones is 1. The third kappa shape index (κ3) is 8.16. The molecule has 3 amide bonds. The lowest BCUT2D eigenvalue weighted by atomic mass is 9.41. The van der Waals surface area contributed by atoms with E-state index in [0.717, 1.165) is 17.5 Å². The van der Waals surface area contributed by atoms with Gasteiger partial charge in [0.25, 0.3) is 0 Å². The van der Waals surface area contributed by atoms with Gasteiger partial charge in [-0.2, -0.15) is 11.8 Å². The van der Waals surface area contributed by atoms with Crippen LogP contribution in [0.5, 0.6) is 5.75 Å². The Balaban J connectivity index is 1.29. The highest BCUT2D eigenvalue weighted by Crippen LogP contribution is 2.64. The summed E-state index contributed by atoms with van der Waals surface area (Å²) in [4.78, 5) is 68.6. The number of Topliss-reactive ketones (excluding diaryl/α,β-unsaturated/α-hetero) is 1. The number of amides is 3. The number of phenolic OH excluding ortho intramolecular Hbond substituents is 1. The summed E-state index contributed by atoms with van der Waals surface area (Å²) < 4.78 is 5.31. The summed E-state index contributed by atoms with van der Waals surface area (Å²) in [6.45, 7) is 3.17. The third-order valence-electron chi connectivity index (χ3n) is 11.6. The van der Waals surface area contributed by atoms with E-state index in [1.807, 2.05) is 36.6 Å². The minimum absolute atomic E-state index is 0.0902. The molecule has 282 valence electrons. The van der Waals surface area contributed by atoms with Gasteiger partial charge in [0.05, 0.1) is 37.1 Å². The van der Waals surface area contributed by atoms with Gasteiger partial charge in [0.2, 0.25) is 17.7 Å². The fourth-order valence-corrected chi connectivity index (χ4v) is 9.73. The third-order valence-corrected chi connectivity index (χ3v) is 12.3. The van der Waals surface area contributed by atoms with Crippen molar-refractivity contribution < 1.29 is 33.8 Å². The Bertz CT molecular complexity index is 1620. The number of hydrogen-bond donors (Lipinski definition) is 6.